The van der Waals surface area contributed by atoms with E-state index in [1.54, 1.807) is 0 Å². The molecule has 0 aromatic carbocycles. The maximum absolute atomic E-state index is 12.5. The van der Waals surface area contributed by atoms with Gasteiger partial charge >= 0.3 is 5.97 Å². The zero-order valence-electron chi connectivity index (χ0n) is 11.7. The lowest BCUT2D eigenvalue weighted by Crippen LogP contribution is -2.54. The van der Waals surface area contributed by atoms with Gasteiger partial charge in [-0.2, -0.15) is 0 Å². The maximum atomic E-state index is 12.5. The molecule has 5 nitrogen and oxygen atoms in total. The van der Waals surface area contributed by atoms with Crippen molar-refractivity contribution in [1.29, 1.82) is 0 Å². The van der Waals surface area contributed by atoms with Crippen LogP contribution in [0.2, 0.25) is 0 Å². The van der Waals surface area contributed by atoms with E-state index in [1.807, 2.05) is 4.90 Å². The van der Waals surface area contributed by atoms with Gasteiger partial charge in [-0.05, 0) is 25.2 Å². The molecule has 1 aliphatic heterocycles. The largest absolute Gasteiger partial charge is 0.481 e. The molecular formula is C14H23NO4. The van der Waals surface area contributed by atoms with Crippen molar-refractivity contribution in [3.05, 3.63) is 0 Å². The van der Waals surface area contributed by atoms with Crippen molar-refractivity contribution in [2.45, 2.75) is 39.2 Å². The minimum Gasteiger partial charge on any atom is -0.481 e. The van der Waals surface area contributed by atoms with E-state index in [2.05, 4.69) is 13.8 Å². The van der Waals surface area contributed by atoms with Gasteiger partial charge in [0.1, 0.15) is 0 Å². The van der Waals surface area contributed by atoms with Crippen LogP contribution >= 0.6 is 0 Å². The second-order valence-corrected chi connectivity index (χ2v) is 6.02. The fourth-order valence-electron chi connectivity index (χ4n) is 2.99. The normalized spacial score (nSPS) is 31.1. The van der Waals surface area contributed by atoms with Gasteiger partial charge in [0.15, 0.2) is 0 Å². The lowest BCUT2D eigenvalue weighted by molar-refractivity contribution is -0.161. The van der Waals surface area contributed by atoms with E-state index in [4.69, 9.17) is 9.84 Å². The lowest BCUT2D eigenvalue weighted by Gasteiger charge is -2.42. The van der Waals surface area contributed by atoms with Crippen LogP contribution in [0.4, 0.5) is 0 Å². The van der Waals surface area contributed by atoms with Gasteiger partial charge in [0, 0.05) is 6.54 Å². The highest BCUT2D eigenvalue weighted by Crippen LogP contribution is 2.36. The van der Waals surface area contributed by atoms with E-state index < -0.39 is 11.9 Å². The van der Waals surface area contributed by atoms with Gasteiger partial charge in [0.2, 0.25) is 5.91 Å². The van der Waals surface area contributed by atoms with Gasteiger partial charge in [-0.3, -0.25) is 9.59 Å². The Balaban J connectivity index is 2.01. The fourth-order valence-corrected chi connectivity index (χ4v) is 2.99. The van der Waals surface area contributed by atoms with Gasteiger partial charge in [-0.1, -0.05) is 13.8 Å². The molecule has 0 radical (unpaired) electrons. The third kappa shape index (κ3) is 3.08. The number of rotatable bonds is 4. The number of ether oxygens (including phenoxy) is 1. The lowest BCUT2D eigenvalue weighted by atomic mass is 9.72. The Hall–Kier alpha value is -1.10. The molecule has 0 spiro atoms. The van der Waals surface area contributed by atoms with Crippen molar-refractivity contribution in [1.82, 2.24) is 4.90 Å². The van der Waals surface area contributed by atoms with Crippen molar-refractivity contribution in [2.75, 3.05) is 19.8 Å². The number of hydrogen-bond donors (Lipinski definition) is 1. The van der Waals surface area contributed by atoms with E-state index in [1.165, 1.54) is 0 Å². The monoisotopic (exact) mass is 269 g/mol. The highest BCUT2D eigenvalue weighted by Gasteiger charge is 2.44. The molecule has 1 heterocycles. The highest BCUT2D eigenvalue weighted by atomic mass is 16.5. The first-order chi connectivity index (χ1) is 9.00. The van der Waals surface area contributed by atoms with Gasteiger partial charge in [-0.15, -0.1) is 0 Å². The number of carbonyl (C=O) groups is 2. The van der Waals surface area contributed by atoms with E-state index >= 15 is 0 Å². The summed E-state index contributed by atoms with van der Waals surface area (Å²) in [4.78, 5) is 25.4. The average molecular weight is 269 g/mol. The second-order valence-electron chi connectivity index (χ2n) is 6.02. The molecule has 2 rings (SSSR count). The molecule has 5 heteroatoms. The van der Waals surface area contributed by atoms with Crippen molar-refractivity contribution in [2.24, 2.45) is 17.8 Å². The summed E-state index contributed by atoms with van der Waals surface area (Å²) in [6, 6.07) is 0.108. The number of aliphatic carboxylic acids is 1. The van der Waals surface area contributed by atoms with Crippen LogP contribution in [-0.4, -0.2) is 47.7 Å². The Morgan fingerprint density at radius 1 is 1.32 bits per heavy atom. The summed E-state index contributed by atoms with van der Waals surface area (Å²) in [5, 5.41) is 9.07. The summed E-state index contributed by atoms with van der Waals surface area (Å²) in [7, 11) is 0. The predicted molar refractivity (Wildman–Crippen MR) is 69.6 cm³/mol. The minimum atomic E-state index is -0.835. The van der Waals surface area contributed by atoms with Crippen LogP contribution in [0.5, 0.6) is 0 Å². The Labute approximate surface area is 113 Å². The number of nitrogens with zero attached hydrogens (tertiary/aromatic N) is 1. The zero-order chi connectivity index (χ0) is 14.0. The van der Waals surface area contributed by atoms with E-state index in [0.717, 1.165) is 6.42 Å². The van der Waals surface area contributed by atoms with Gasteiger partial charge in [0.25, 0.3) is 0 Å². The Morgan fingerprint density at radius 3 is 2.53 bits per heavy atom. The molecule has 1 amide bonds. The Kier molecular flexibility index (Phi) is 4.45. The van der Waals surface area contributed by atoms with Crippen molar-refractivity contribution >= 4 is 11.9 Å². The molecule has 3 atom stereocenters. The number of hydrogen-bond acceptors (Lipinski definition) is 3. The molecular weight excluding hydrogens is 246 g/mol. The van der Waals surface area contributed by atoms with E-state index in [-0.39, 0.29) is 17.9 Å². The Morgan fingerprint density at radius 2 is 2.00 bits per heavy atom. The standard InChI is InChI=1S/C14H23NO4/c1-9(2)7-10-8-19-6-5-15(10)13(16)11-3-4-12(11)14(17)18/h9-12H,3-8H2,1-2H3,(H,17,18). The van der Waals surface area contributed by atoms with Crippen LogP contribution in [0, 0.1) is 17.8 Å². The molecule has 1 N–H and O–H groups in total. The molecule has 108 valence electrons. The molecule has 0 aromatic heterocycles. The molecule has 1 saturated heterocycles. The number of carboxylic acids is 1. The van der Waals surface area contributed by atoms with Crippen LogP contribution in [-0.2, 0) is 14.3 Å². The highest BCUT2D eigenvalue weighted by molar-refractivity contribution is 5.86. The molecule has 1 saturated carbocycles. The molecule has 3 unspecified atom stereocenters. The summed E-state index contributed by atoms with van der Waals surface area (Å²) in [6.45, 7) is 5.99. The predicted octanol–water partition coefficient (Wildman–Crippen LogP) is 1.37. The molecule has 19 heavy (non-hydrogen) atoms. The first-order valence-corrected chi connectivity index (χ1v) is 7.11. The fraction of sp³-hybridized carbons (Fsp3) is 0.857. The summed E-state index contributed by atoms with van der Waals surface area (Å²) in [5.41, 5.74) is 0. The molecule has 0 bridgehead atoms. The van der Waals surface area contributed by atoms with E-state index in [9.17, 15) is 9.59 Å². The number of amides is 1. The Bertz CT molecular complexity index is 355. The number of carbonyl (C=O) groups excluding carboxylic acids is 1. The van der Waals surface area contributed by atoms with Gasteiger partial charge < -0.3 is 14.7 Å². The number of carboxylic acid groups (broad SMARTS) is 1. The minimum absolute atomic E-state index is 0.0209. The van der Waals surface area contributed by atoms with Crippen molar-refractivity contribution in [3.8, 4) is 0 Å². The maximum Gasteiger partial charge on any atom is 0.307 e. The van der Waals surface area contributed by atoms with Crippen LogP contribution in [0.15, 0.2) is 0 Å². The topological polar surface area (TPSA) is 66.8 Å². The molecule has 0 aromatic rings. The quantitative estimate of drug-likeness (QED) is 0.837. The van der Waals surface area contributed by atoms with Crippen molar-refractivity contribution < 1.29 is 19.4 Å². The summed E-state index contributed by atoms with van der Waals surface area (Å²) >= 11 is 0. The summed E-state index contributed by atoms with van der Waals surface area (Å²) in [6.07, 6.45) is 2.25. The van der Waals surface area contributed by atoms with Gasteiger partial charge in [0.05, 0.1) is 31.1 Å². The van der Waals surface area contributed by atoms with Crippen molar-refractivity contribution in [3.63, 3.8) is 0 Å². The molecule has 2 aliphatic rings. The third-order valence-corrected chi connectivity index (χ3v) is 4.16. The molecule has 2 fully saturated rings. The van der Waals surface area contributed by atoms with Crippen LogP contribution in [0.25, 0.3) is 0 Å². The van der Waals surface area contributed by atoms with Crippen LogP contribution in [0.3, 0.4) is 0 Å². The van der Waals surface area contributed by atoms with Gasteiger partial charge in [-0.25, -0.2) is 0 Å². The number of morpholine rings is 1. The second kappa shape index (κ2) is 5.90. The molecule has 1 aliphatic carbocycles. The first kappa shape index (κ1) is 14.3. The zero-order valence-corrected chi connectivity index (χ0v) is 11.7. The van der Waals surface area contributed by atoms with Crippen LogP contribution < -0.4 is 0 Å². The smallest absolute Gasteiger partial charge is 0.307 e. The third-order valence-electron chi connectivity index (χ3n) is 4.16. The average Bonchev–Trinajstić information content (AvgIpc) is 2.26. The summed E-state index contributed by atoms with van der Waals surface area (Å²) < 4.78 is 5.46. The SMILES string of the molecule is CC(C)CC1COCCN1C(=O)C1CCC1C(=O)O. The van der Waals surface area contributed by atoms with E-state index in [0.29, 0.717) is 38.5 Å². The van der Waals surface area contributed by atoms with Crippen LogP contribution in [0.1, 0.15) is 33.1 Å². The first-order valence-electron chi connectivity index (χ1n) is 7.11. The summed E-state index contributed by atoms with van der Waals surface area (Å²) in [5.74, 6) is -1.11.